The van der Waals surface area contributed by atoms with Crippen molar-refractivity contribution in [3.63, 3.8) is 0 Å². The average Bonchev–Trinajstić information content (AvgIpc) is 2.91. The normalized spacial score (nSPS) is 18.0. The number of carbonyl (C=O) groups excluding carboxylic acids is 1. The van der Waals surface area contributed by atoms with Crippen LogP contribution in [0.1, 0.15) is 19.3 Å². The van der Waals surface area contributed by atoms with E-state index < -0.39 is 10.0 Å². The summed E-state index contributed by atoms with van der Waals surface area (Å²) in [7, 11) is -2.14. The Hall–Kier alpha value is -1.15. The van der Waals surface area contributed by atoms with E-state index in [4.69, 9.17) is 0 Å². The molecular weight excluding hydrogens is 314 g/mol. The van der Waals surface area contributed by atoms with Crippen molar-refractivity contribution in [1.82, 2.24) is 10.0 Å². The summed E-state index contributed by atoms with van der Waals surface area (Å²) in [4.78, 5) is 12.0. The van der Waals surface area contributed by atoms with Gasteiger partial charge >= 0.3 is 0 Å². The molecule has 0 bridgehead atoms. The lowest BCUT2D eigenvalue weighted by molar-refractivity contribution is -0.116. The molecule has 1 fully saturated rings. The van der Waals surface area contributed by atoms with Crippen LogP contribution in [0.15, 0.2) is 29.2 Å². The number of nitrogens with one attached hydrogen (secondary N) is 3. The van der Waals surface area contributed by atoms with E-state index in [1.54, 1.807) is 12.1 Å². The highest BCUT2D eigenvalue weighted by Gasteiger charge is 2.18. The van der Waals surface area contributed by atoms with E-state index in [9.17, 15) is 13.2 Å². The maximum absolute atomic E-state index is 11.9. The summed E-state index contributed by atoms with van der Waals surface area (Å²) < 4.78 is 25.6. The molecule has 0 aliphatic carbocycles. The van der Waals surface area contributed by atoms with E-state index in [0.29, 0.717) is 12.1 Å². The van der Waals surface area contributed by atoms with Crippen LogP contribution in [0.25, 0.3) is 0 Å². The number of halogens is 1. The number of benzene rings is 1. The molecule has 1 saturated heterocycles. The van der Waals surface area contributed by atoms with Gasteiger partial charge in [0.2, 0.25) is 15.9 Å². The average molecular weight is 334 g/mol. The zero-order valence-electron chi connectivity index (χ0n) is 11.8. The molecular formula is C13H20ClN3O3S. The second kappa shape index (κ2) is 7.74. The number of amides is 1. The zero-order valence-corrected chi connectivity index (χ0v) is 13.4. The second-order valence-corrected chi connectivity index (χ2v) is 6.67. The smallest absolute Gasteiger partial charge is 0.240 e. The molecule has 0 aromatic heterocycles. The second-order valence-electron chi connectivity index (χ2n) is 4.78. The molecule has 1 aromatic rings. The van der Waals surface area contributed by atoms with Gasteiger partial charge in [0.05, 0.1) is 4.90 Å². The van der Waals surface area contributed by atoms with Crippen molar-refractivity contribution in [3.05, 3.63) is 24.3 Å². The molecule has 21 heavy (non-hydrogen) atoms. The highest BCUT2D eigenvalue weighted by Crippen LogP contribution is 2.16. The third kappa shape index (κ3) is 4.96. The summed E-state index contributed by atoms with van der Waals surface area (Å²) in [5.74, 6) is -0.108. The molecule has 1 unspecified atom stereocenters. The molecule has 118 valence electrons. The molecule has 3 N–H and O–H groups in total. The van der Waals surface area contributed by atoms with Gasteiger partial charge in [-0.05, 0) is 44.6 Å². The van der Waals surface area contributed by atoms with Crippen molar-refractivity contribution in [2.24, 2.45) is 0 Å². The molecule has 1 amide bonds. The minimum absolute atomic E-state index is 0. The lowest BCUT2D eigenvalue weighted by Gasteiger charge is -2.11. The first-order valence-corrected chi connectivity index (χ1v) is 8.06. The van der Waals surface area contributed by atoms with Crippen LogP contribution in [-0.2, 0) is 14.8 Å². The van der Waals surface area contributed by atoms with Crippen LogP contribution in [0.5, 0.6) is 0 Å². The van der Waals surface area contributed by atoms with Crippen LogP contribution in [0.4, 0.5) is 5.69 Å². The molecule has 0 radical (unpaired) electrons. The maximum Gasteiger partial charge on any atom is 0.240 e. The van der Waals surface area contributed by atoms with Crippen LogP contribution in [0, 0.1) is 0 Å². The van der Waals surface area contributed by atoms with Gasteiger partial charge in [-0.2, -0.15) is 0 Å². The number of carbonyl (C=O) groups is 1. The van der Waals surface area contributed by atoms with Crippen LogP contribution >= 0.6 is 12.4 Å². The lowest BCUT2D eigenvalue weighted by Crippen LogP contribution is -2.27. The number of anilines is 1. The molecule has 1 heterocycles. The Morgan fingerprint density at radius 2 is 2.19 bits per heavy atom. The number of hydrogen-bond acceptors (Lipinski definition) is 4. The fourth-order valence-corrected chi connectivity index (χ4v) is 3.00. The van der Waals surface area contributed by atoms with Gasteiger partial charge in [-0.15, -0.1) is 12.4 Å². The van der Waals surface area contributed by atoms with E-state index in [2.05, 4.69) is 15.4 Å². The summed E-state index contributed by atoms with van der Waals surface area (Å²) in [5.41, 5.74) is 0.490. The van der Waals surface area contributed by atoms with Gasteiger partial charge in [-0.1, -0.05) is 6.07 Å². The Balaban J connectivity index is 0.00000220. The van der Waals surface area contributed by atoms with E-state index >= 15 is 0 Å². The minimum Gasteiger partial charge on any atom is -0.326 e. The van der Waals surface area contributed by atoms with Crippen LogP contribution in [0.2, 0.25) is 0 Å². The van der Waals surface area contributed by atoms with E-state index in [1.807, 2.05) is 0 Å². The summed E-state index contributed by atoms with van der Waals surface area (Å²) in [6, 6.07) is 6.44. The highest BCUT2D eigenvalue weighted by molar-refractivity contribution is 7.89. The SMILES string of the molecule is CNS(=O)(=O)c1cccc(NC(=O)CC2CCCN2)c1.Cl. The van der Waals surface area contributed by atoms with Gasteiger partial charge in [0.1, 0.15) is 0 Å². The Morgan fingerprint density at radius 1 is 1.43 bits per heavy atom. The predicted octanol–water partition coefficient (Wildman–Crippen LogP) is 1.10. The first kappa shape index (κ1) is 17.9. The molecule has 1 aliphatic heterocycles. The first-order valence-electron chi connectivity index (χ1n) is 6.58. The van der Waals surface area contributed by atoms with Gasteiger partial charge in [0, 0.05) is 18.2 Å². The van der Waals surface area contributed by atoms with E-state index in [1.165, 1.54) is 19.2 Å². The highest BCUT2D eigenvalue weighted by atomic mass is 35.5. The fraction of sp³-hybridized carbons (Fsp3) is 0.462. The maximum atomic E-state index is 11.9. The monoisotopic (exact) mass is 333 g/mol. The molecule has 1 aromatic carbocycles. The summed E-state index contributed by atoms with van der Waals surface area (Å²) >= 11 is 0. The number of rotatable bonds is 5. The summed E-state index contributed by atoms with van der Waals surface area (Å²) in [6.07, 6.45) is 2.50. The van der Waals surface area contributed by atoms with E-state index in [-0.39, 0.29) is 29.3 Å². The fourth-order valence-electron chi connectivity index (χ4n) is 2.23. The largest absolute Gasteiger partial charge is 0.326 e. The van der Waals surface area contributed by atoms with Crippen molar-refractivity contribution in [3.8, 4) is 0 Å². The number of sulfonamides is 1. The topological polar surface area (TPSA) is 87.3 Å². The van der Waals surface area contributed by atoms with E-state index in [0.717, 1.165) is 19.4 Å². The van der Waals surface area contributed by atoms with Crippen LogP contribution in [-0.4, -0.2) is 34.0 Å². The molecule has 2 rings (SSSR count). The first-order chi connectivity index (χ1) is 9.51. The Bertz CT molecular complexity index is 586. The van der Waals surface area contributed by atoms with Crippen molar-refractivity contribution in [1.29, 1.82) is 0 Å². The van der Waals surface area contributed by atoms with Gasteiger partial charge in [0.15, 0.2) is 0 Å². The van der Waals surface area contributed by atoms with Crippen LogP contribution in [0.3, 0.4) is 0 Å². The van der Waals surface area contributed by atoms with Crippen molar-refractivity contribution in [2.45, 2.75) is 30.2 Å². The molecule has 6 nitrogen and oxygen atoms in total. The Kier molecular flexibility index (Phi) is 6.60. The van der Waals surface area contributed by atoms with Crippen LogP contribution < -0.4 is 15.4 Å². The third-order valence-electron chi connectivity index (χ3n) is 3.29. The molecule has 8 heteroatoms. The van der Waals surface area contributed by atoms with Gasteiger partial charge in [-0.3, -0.25) is 4.79 Å². The molecule has 1 aliphatic rings. The molecule has 1 atom stereocenters. The quantitative estimate of drug-likeness (QED) is 0.753. The summed E-state index contributed by atoms with van der Waals surface area (Å²) in [5, 5.41) is 5.99. The standard InChI is InChI=1S/C13H19N3O3S.ClH/c1-14-20(18,19)12-6-2-4-11(8-12)16-13(17)9-10-5-3-7-15-10;/h2,4,6,8,10,14-15H,3,5,7,9H2,1H3,(H,16,17);1H. The van der Waals surface area contributed by atoms with Gasteiger partial charge in [0.25, 0.3) is 0 Å². The molecule has 0 spiro atoms. The van der Waals surface area contributed by atoms with Crippen molar-refractivity contribution >= 4 is 34.0 Å². The molecule has 0 saturated carbocycles. The Morgan fingerprint density at radius 3 is 2.81 bits per heavy atom. The summed E-state index contributed by atoms with van der Waals surface area (Å²) in [6.45, 7) is 0.952. The Labute approximate surface area is 131 Å². The van der Waals surface area contributed by atoms with Gasteiger partial charge < -0.3 is 10.6 Å². The zero-order chi connectivity index (χ0) is 14.6. The van der Waals surface area contributed by atoms with Crippen molar-refractivity contribution in [2.75, 3.05) is 18.9 Å². The minimum atomic E-state index is -3.49. The third-order valence-corrected chi connectivity index (χ3v) is 4.70. The number of hydrogen-bond donors (Lipinski definition) is 3. The predicted molar refractivity (Wildman–Crippen MR) is 84.2 cm³/mol. The van der Waals surface area contributed by atoms with Crippen molar-refractivity contribution < 1.29 is 13.2 Å². The lowest BCUT2D eigenvalue weighted by atomic mass is 10.1. The van der Waals surface area contributed by atoms with Gasteiger partial charge in [-0.25, -0.2) is 13.1 Å².